The molecular weight excluding hydrogens is 340 g/mol. The van der Waals surface area contributed by atoms with E-state index in [-0.39, 0.29) is 0 Å². The zero-order chi connectivity index (χ0) is 18.8. The van der Waals surface area contributed by atoms with Gasteiger partial charge in [0.2, 0.25) is 0 Å². The SMILES string of the molecule is C1=Cc2ncc3ccccc3c2CC1.C1=Cc2ncc3ccccc3c2CC1. The minimum atomic E-state index is 1.13. The Balaban J connectivity index is 0.000000122. The van der Waals surface area contributed by atoms with E-state index in [0.29, 0.717) is 0 Å². The Morgan fingerprint density at radius 2 is 1.04 bits per heavy atom. The average molecular weight is 362 g/mol. The Bertz CT molecular complexity index is 1120. The molecule has 0 saturated carbocycles. The van der Waals surface area contributed by atoms with Crippen molar-refractivity contribution >= 4 is 33.7 Å². The van der Waals surface area contributed by atoms with Crippen LogP contribution in [0.4, 0.5) is 0 Å². The zero-order valence-corrected chi connectivity index (χ0v) is 15.8. The molecule has 0 atom stereocenters. The van der Waals surface area contributed by atoms with E-state index in [0.717, 1.165) is 37.1 Å². The number of hydrogen-bond acceptors (Lipinski definition) is 2. The van der Waals surface area contributed by atoms with E-state index in [1.54, 1.807) is 0 Å². The zero-order valence-electron chi connectivity index (χ0n) is 15.8. The van der Waals surface area contributed by atoms with E-state index in [1.165, 1.54) is 32.7 Å². The Kier molecular flexibility index (Phi) is 4.46. The molecular formula is C26H22N2. The molecule has 2 aromatic carbocycles. The predicted molar refractivity (Wildman–Crippen MR) is 118 cm³/mol. The highest BCUT2D eigenvalue weighted by atomic mass is 14.7. The van der Waals surface area contributed by atoms with Gasteiger partial charge in [-0.3, -0.25) is 9.97 Å². The molecule has 136 valence electrons. The van der Waals surface area contributed by atoms with Crippen molar-refractivity contribution in [1.29, 1.82) is 0 Å². The summed E-state index contributed by atoms with van der Waals surface area (Å²) < 4.78 is 0. The largest absolute Gasteiger partial charge is 0.256 e. The smallest absolute Gasteiger partial charge is 0.0664 e. The first kappa shape index (κ1) is 16.9. The lowest BCUT2D eigenvalue weighted by Crippen LogP contribution is -1.97. The minimum Gasteiger partial charge on any atom is -0.256 e. The lowest BCUT2D eigenvalue weighted by molar-refractivity contribution is 0.978. The van der Waals surface area contributed by atoms with Gasteiger partial charge in [0.15, 0.2) is 0 Å². The molecule has 2 heterocycles. The first-order chi connectivity index (χ1) is 13.9. The molecule has 0 spiro atoms. The maximum absolute atomic E-state index is 4.46. The van der Waals surface area contributed by atoms with Crippen LogP contribution in [-0.4, -0.2) is 9.97 Å². The van der Waals surface area contributed by atoms with Gasteiger partial charge < -0.3 is 0 Å². The highest BCUT2D eigenvalue weighted by Gasteiger charge is 2.09. The molecule has 0 radical (unpaired) electrons. The Hall–Kier alpha value is -3.26. The molecule has 2 heteroatoms. The van der Waals surface area contributed by atoms with E-state index in [9.17, 15) is 0 Å². The summed E-state index contributed by atoms with van der Waals surface area (Å²) in [7, 11) is 0. The first-order valence-electron chi connectivity index (χ1n) is 9.96. The quantitative estimate of drug-likeness (QED) is 0.362. The molecule has 0 aliphatic heterocycles. The van der Waals surface area contributed by atoms with Crippen molar-refractivity contribution in [1.82, 2.24) is 9.97 Å². The Morgan fingerprint density at radius 3 is 1.54 bits per heavy atom. The third-order valence-corrected chi connectivity index (χ3v) is 5.55. The normalized spacial score (nSPS) is 14.3. The number of benzene rings is 2. The molecule has 0 amide bonds. The Morgan fingerprint density at radius 1 is 0.571 bits per heavy atom. The molecule has 6 rings (SSSR count). The third kappa shape index (κ3) is 3.11. The highest BCUT2D eigenvalue weighted by Crippen LogP contribution is 2.26. The van der Waals surface area contributed by atoms with Crippen LogP contribution in [0, 0.1) is 0 Å². The van der Waals surface area contributed by atoms with E-state index < -0.39 is 0 Å². The maximum atomic E-state index is 4.46. The molecule has 0 bridgehead atoms. The van der Waals surface area contributed by atoms with Gasteiger partial charge in [0.25, 0.3) is 0 Å². The maximum Gasteiger partial charge on any atom is 0.0664 e. The molecule has 2 nitrogen and oxygen atoms in total. The summed E-state index contributed by atoms with van der Waals surface area (Å²) in [5.41, 5.74) is 5.11. The second kappa shape index (κ2) is 7.40. The van der Waals surface area contributed by atoms with E-state index >= 15 is 0 Å². The van der Waals surface area contributed by atoms with Crippen LogP contribution in [0.2, 0.25) is 0 Å². The van der Waals surface area contributed by atoms with Gasteiger partial charge >= 0.3 is 0 Å². The summed E-state index contributed by atoms with van der Waals surface area (Å²) in [5, 5.41) is 5.23. The fourth-order valence-electron chi connectivity index (χ4n) is 4.14. The van der Waals surface area contributed by atoms with E-state index in [1.807, 2.05) is 12.4 Å². The molecule has 4 aromatic rings. The van der Waals surface area contributed by atoms with Crippen LogP contribution >= 0.6 is 0 Å². The monoisotopic (exact) mass is 362 g/mol. The second-order valence-corrected chi connectivity index (χ2v) is 7.30. The highest BCUT2D eigenvalue weighted by molar-refractivity contribution is 5.88. The standard InChI is InChI=1S/2C13H11N/c2*1-2-6-11-10(5-1)9-14-13-8-4-3-7-12(11)13/h2*1-2,4-6,8-9H,3,7H2. The number of pyridine rings is 2. The summed E-state index contributed by atoms with van der Waals surface area (Å²) in [6, 6.07) is 17.0. The van der Waals surface area contributed by atoms with Gasteiger partial charge in [-0.25, -0.2) is 0 Å². The lowest BCUT2D eigenvalue weighted by Gasteiger charge is -2.11. The van der Waals surface area contributed by atoms with Crippen molar-refractivity contribution in [3.05, 3.63) is 95.6 Å². The number of nitrogens with zero attached hydrogens (tertiary/aromatic N) is 2. The van der Waals surface area contributed by atoms with Gasteiger partial charge in [0.05, 0.1) is 11.4 Å². The predicted octanol–water partition coefficient (Wildman–Crippen LogP) is 6.39. The minimum absolute atomic E-state index is 1.13. The fraction of sp³-hybridized carbons (Fsp3) is 0.154. The van der Waals surface area contributed by atoms with Crippen LogP contribution in [0.15, 0.2) is 73.1 Å². The van der Waals surface area contributed by atoms with E-state index in [2.05, 4.69) is 82.8 Å². The van der Waals surface area contributed by atoms with Gasteiger partial charge in [-0.1, -0.05) is 60.7 Å². The van der Waals surface area contributed by atoms with Crippen molar-refractivity contribution in [2.24, 2.45) is 0 Å². The van der Waals surface area contributed by atoms with Crippen LogP contribution in [0.1, 0.15) is 35.4 Å². The van der Waals surface area contributed by atoms with Crippen molar-refractivity contribution in [2.45, 2.75) is 25.7 Å². The topological polar surface area (TPSA) is 25.8 Å². The molecule has 0 saturated heterocycles. The number of aromatic nitrogens is 2. The molecule has 2 aliphatic carbocycles. The molecule has 0 N–H and O–H groups in total. The molecule has 0 unspecified atom stereocenters. The molecule has 28 heavy (non-hydrogen) atoms. The van der Waals surface area contributed by atoms with E-state index in [4.69, 9.17) is 0 Å². The summed E-state index contributed by atoms with van der Waals surface area (Å²) in [4.78, 5) is 8.92. The summed E-state index contributed by atoms with van der Waals surface area (Å²) in [6.45, 7) is 0. The molecule has 2 aromatic heterocycles. The first-order valence-corrected chi connectivity index (χ1v) is 9.96. The van der Waals surface area contributed by atoms with Crippen molar-refractivity contribution in [2.75, 3.05) is 0 Å². The third-order valence-electron chi connectivity index (χ3n) is 5.55. The van der Waals surface area contributed by atoms with Crippen molar-refractivity contribution in [3.8, 4) is 0 Å². The number of aryl methyl sites for hydroxylation is 2. The summed E-state index contributed by atoms with van der Waals surface area (Å²) in [6.07, 6.45) is 17.1. The number of fused-ring (bicyclic) bond motifs is 6. The van der Waals surface area contributed by atoms with Gasteiger partial charge in [-0.2, -0.15) is 0 Å². The number of rotatable bonds is 0. The Labute approximate surface area is 165 Å². The van der Waals surface area contributed by atoms with Crippen LogP contribution in [-0.2, 0) is 12.8 Å². The van der Waals surface area contributed by atoms with Gasteiger partial charge in [-0.15, -0.1) is 0 Å². The summed E-state index contributed by atoms with van der Waals surface area (Å²) >= 11 is 0. The number of allylic oxidation sites excluding steroid dienone is 2. The summed E-state index contributed by atoms with van der Waals surface area (Å²) in [5.74, 6) is 0. The average Bonchev–Trinajstić information content (AvgIpc) is 2.79. The van der Waals surface area contributed by atoms with Crippen molar-refractivity contribution < 1.29 is 0 Å². The molecule has 2 aliphatic rings. The van der Waals surface area contributed by atoms with Gasteiger partial charge in [0, 0.05) is 23.2 Å². The van der Waals surface area contributed by atoms with Gasteiger partial charge in [-0.05, 0) is 59.7 Å². The number of hydrogen-bond donors (Lipinski definition) is 0. The molecule has 0 fully saturated rings. The van der Waals surface area contributed by atoms with Crippen LogP contribution in [0.25, 0.3) is 33.7 Å². The van der Waals surface area contributed by atoms with Crippen LogP contribution < -0.4 is 0 Å². The van der Waals surface area contributed by atoms with Crippen LogP contribution in [0.3, 0.4) is 0 Å². The van der Waals surface area contributed by atoms with Crippen LogP contribution in [0.5, 0.6) is 0 Å². The van der Waals surface area contributed by atoms with Crippen molar-refractivity contribution in [3.63, 3.8) is 0 Å². The fourth-order valence-corrected chi connectivity index (χ4v) is 4.14. The second-order valence-electron chi connectivity index (χ2n) is 7.30. The van der Waals surface area contributed by atoms with Gasteiger partial charge in [0.1, 0.15) is 0 Å². The lowest BCUT2D eigenvalue weighted by atomic mass is 9.96.